The van der Waals surface area contributed by atoms with E-state index in [1.54, 1.807) is 6.92 Å². The Hall–Kier alpha value is -0.910. The summed E-state index contributed by atoms with van der Waals surface area (Å²) in [7, 11) is 0. The van der Waals surface area contributed by atoms with E-state index in [4.69, 9.17) is 16.1 Å². The van der Waals surface area contributed by atoms with Crippen molar-refractivity contribution in [3.8, 4) is 0 Å². The summed E-state index contributed by atoms with van der Waals surface area (Å²) >= 11 is 9.57. The van der Waals surface area contributed by atoms with Crippen LogP contribution in [0.5, 0.6) is 0 Å². The summed E-state index contributed by atoms with van der Waals surface area (Å²) < 4.78 is 6.00. The Labute approximate surface area is 119 Å². The third-order valence-electron chi connectivity index (χ3n) is 2.56. The summed E-state index contributed by atoms with van der Waals surface area (Å²) in [6.07, 6.45) is 0. The molecular formula is C12H13BrClN3O. The van der Waals surface area contributed by atoms with Gasteiger partial charge in [-0.3, -0.25) is 0 Å². The number of halogens is 2. The van der Waals surface area contributed by atoms with Gasteiger partial charge < -0.3 is 9.84 Å². The van der Waals surface area contributed by atoms with E-state index in [9.17, 15) is 0 Å². The van der Waals surface area contributed by atoms with E-state index in [1.165, 1.54) is 0 Å². The smallest absolute Gasteiger partial charge is 0.240 e. The van der Waals surface area contributed by atoms with E-state index in [-0.39, 0.29) is 6.04 Å². The van der Waals surface area contributed by atoms with Gasteiger partial charge in [0.2, 0.25) is 5.89 Å². The van der Waals surface area contributed by atoms with Crippen LogP contribution in [0.15, 0.2) is 27.2 Å². The molecule has 0 aliphatic rings. The molecule has 96 valence electrons. The van der Waals surface area contributed by atoms with Gasteiger partial charge in [-0.2, -0.15) is 4.98 Å². The highest BCUT2D eigenvalue weighted by molar-refractivity contribution is 9.10. The number of hydrogen-bond donors (Lipinski definition) is 1. The normalized spacial score (nSPS) is 12.7. The number of nitrogens with zero attached hydrogens (tertiary/aromatic N) is 2. The van der Waals surface area contributed by atoms with Gasteiger partial charge in [0, 0.05) is 15.5 Å². The number of rotatable bonds is 4. The van der Waals surface area contributed by atoms with Crippen molar-refractivity contribution in [1.29, 1.82) is 0 Å². The molecule has 1 N–H and O–H groups in total. The zero-order valence-corrected chi connectivity index (χ0v) is 12.4. The summed E-state index contributed by atoms with van der Waals surface area (Å²) in [6.45, 7) is 4.36. The van der Waals surface area contributed by atoms with Gasteiger partial charge in [-0.25, -0.2) is 0 Å². The molecule has 0 spiro atoms. The quantitative estimate of drug-likeness (QED) is 0.930. The number of hydrogen-bond acceptors (Lipinski definition) is 4. The van der Waals surface area contributed by atoms with Gasteiger partial charge in [0.25, 0.3) is 0 Å². The van der Waals surface area contributed by atoms with Crippen LogP contribution < -0.4 is 5.32 Å². The van der Waals surface area contributed by atoms with E-state index >= 15 is 0 Å². The van der Waals surface area contributed by atoms with Crippen molar-refractivity contribution in [1.82, 2.24) is 15.5 Å². The Morgan fingerprint density at radius 3 is 2.89 bits per heavy atom. The molecule has 0 amide bonds. The Kier molecular flexibility index (Phi) is 4.37. The summed E-state index contributed by atoms with van der Waals surface area (Å²) in [5.74, 6) is 1.22. The summed E-state index contributed by atoms with van der Waals surface area (Å²) in [5.41, 5.74) is 1.04. The van der Waals surface area contributed by atoms with E-state index in [1.807, 2.05) is 25.1 Å². The second-order valence-corrected chi connectivity index (χ2v) is 5.33. The molecule has 2 aromatic rings. The van der Waals surface area contributed by atoms with E-state index in [2.05, 4.69) is 31.4 Å². The molecule has 0 saturated heterocycles. The van der Waals surface area contributed by atoms with Crippen LogP contribution in [0.25, 0.3) is 0 Å². The maximum atomic E-state index is 6.19. The molecule has 1 aromatic heterocycles. The monoisotopic (exact) mass is 329 g/mol. The fraction of sp³-hybridized carbons (Fsp3) is 0.333. The molecule has 0 radical (unpaired) electrons. The molecule has 0 aliphatic carbocycles. The third-order valence-corrected chi connectivity index (χ3v) is 3.38. The molecule has 1 unspecified atom stereocenters. The highest BCUT2D eigenvalue weighted by Crippen LogP contribution is 2.26. The number of aromatic nitrogens is 2. The number of nitrogens with one attached hydrogen (secondary N) is 1. The lowest BCUT2D eigenvalue weighted by Gasteiger charge is -2.14. The zero-order valence-electron chi connectivity index (χ0n) is 10.1. The van der Waals surface area contributed by atoms with Crippen LogP contribution in [-0.4, -0.2) is 10.1 Å². The molecule has 6 heteroatoms. The summed E-state index contributed by atoms with van der Waals surface area (Å²) in [5, 5.41) is 7.76. The maximum absolute atomic E-state index is 6.19. The van der Waals surface area contributed by atoms with Crippen LogP contribution in [0.4, 0.5) is 0 Å². The molecule has 0 bridgehead atoms. The van der Waals surface area contributed by atoms with Crippen molar-refractivity contribution in [2.75, 3.05) is 0 Å². The van der Waals surface area contributed by atoms with E-state index in [0.29, 0.717) is 18.3 Å². The minimum Gasteiger partial charge on any atom is -0.338 e. The van der Waals surface area contributed by atoms with Gasteiger partial charge in [0.05, 0.1) is 6.54 Å². The fourth-order valence-corrected chi connectivity index (χ4v) is 2.45. The predicted octanol–water partition coefficient (Wildman–Crippen LogP) is 3.64. The van der Waals surface area contributed by atoms with Crippen molar-refractivity contribution in [2.45, 2.75) is 26.4 Å². The first-order valence-corrected chi connectivity index (χ1v) is 6.71. The molecule has 1 atom stereocenters. The largest absolute Gasteiger partial charge is 0.338 e. The highest BCUT2D eigenvalue weighted by atomic mass is 79.9. The van der Waals surface area contributed by atoms with Crippen LogP contribution in [0.2, 0.25) is 5.02 Å². The molecule has 0 saturated carbocycles. The standard InChI is InChI=1S/C12H13BrClN3O/c1-7(10-4-3-9(13)5-11(10)14)15-6-12-16-8(2)17-18-12/h3-5,7,15H,6H2,1-2H3. The minimum absolute atomic E-state index is 0.109. The molecule has 1 aromatic carbocycles. The van der Waals surface area contributed by atoms with Crippen molar-refractivity contribution < 1.29 is 4.52 Å². The Morgan fingerprint density at radius 1 is 1.50 bits per heavy atom. The van der Waals surface area contributed by atoms with E-state index < -0.39 is 0 Å². The van der Waals surface area contributed by atoms with Crippen LogP contribution in [0, 0.1) is 6.92 Å². The minimum atomic E-state index is 0.109. The summed E-state index contributed by atoms with van der Waals surface area (Å²) in [4.78, 5) is 4.13. The van der Waals surface area contributed by atoms with Gasteiger partial charge in [-0.15, -0.1) is 0 Å². The first-order chi connectivity index (χ1) is 8.56. The molecule has 0 fully saturated rings. The maximum Gasteiger partial charge on any atom is 0.240 e. The second-order valence-electron chi connectivity index (χ2n) is 4.00. The van der Waals surface area contributed by atoms with Gasteiger partial charge in [-0.1, -0.05) is 38.8 Å². The lowest BCUT2D eigenvalue weighted by molar-refractivity contribution is 0.357. The molecule has 0 aliphatic heterocycles. The molecule has 2 rings (SSSR count). The van der Waals surface area contributed by atoms with E-state index in [0.717, 1.165) is 15.1 Å². The molecule has 18 heavy (non-hydrogen) atoms. The Balaban J connectivity index is 2.01. The molecule has 1 heterocycles. The van der Waals surface area contributed by atoms with Gasteiger partial charge in [0.15, 0.2) is 5.82 Å². The SMILES string of the molecule is Cc1noc(CNC(C)c2ccc(Br)cc2Cl)n1. The predicted molar refractivity (Wildman–Crippen MR) is 73.4 cm³/mol. The Morgan fingerprint density at radius 2 is 2.28 bits per heavy atom. The zero-order chi connectivity index (χ0) is 13.1. The first kappa shape index (κ1) is 13.5. The van der Waals surface area contributed by atoms with Crippen molar-refractivity contribution in [3.63, 3.8) is 0 Å². The lowest BCUT2D eigenvalue weighted by Crippen LogP contribution is -2.18. The van der Waals surface area contributed by atoms with Gasteiger partial charge >= 0.3 is 0 Å². The van der Waals surface area contributed by atoms with Crippen molar-refractivity contribution in [3.05, 3.63) is 45.0 Å². The van der Waals surface area contributed by atoms with Crippen LogP contribution in [0.1, 0.15) is 30.2 Å². The van der Waals surface area contributed by atoms with Crippen LogP contribution in [0.3, 0.4) is 0 Å². The van der Waals surface area contributed by atoms with Gasteiger partial charge in [-0.05, 0) is 31.5 Å². The number of benzene rings is 1. The lowest BCUT2D eigenvalue weighted by atomic mass is 10.1. The summed E-state index contributed by atoms with van der Waals surface area (Å²) in [6, 6.07) is 5.95. The van der Waals surface area contributed by atoms with Crippen LogP contribution >= 0.6 is 27.5 Å². The topological polar surface area (TPSA) is 51.0 Å². The second kappa shape index (κ2) is 5.82. The Bertz CT molecular complexity index is 544. The molecular weight excluding hydrogens is 318 g/mol. The molecule has 4 nitrogen and oxygen atoms in total. The third kappa shape index (κ3) is 3.31. The van der Waals surface area contributed by atoms with Crippen molar-refractivity contribution >= 4 is 27.5 Å². The van der Waals surface area contributed by atoms with Crippen molar-refractivity contribution in [2.24, 2.45) is 0 Å². The average molecular weight is 331 g/mol. The average Bonchev–Trinajstić information content (AvgIpc) is 2.72. The fourth-order valence-electron chi connectivity index (χ4n) is 1.61. The van der Waals surface area contributed by atoms with Gasteiger partial charge in [0.1, 0.15) is 0 Å². The van der Waals surface area contributed by atoms with Crippen LogP contribution in [-0.2, 0) is 6.54 Å². The number of aryl methyl sites for hydroxylation is 1. The first-order valence-electron chi connectivity index (χ1n) is 5.54. The highest BCUT2D eigenvalue weighted by Gasteiger charge is 2.11.